The molecule has 0 aromatic heterocycles. The molecule has 1 aliphatic carbocycles. The third-order valence-corrected chi connectivity index (χ3v) is 2.75. The van der Waals surface area contributed by atoms with Crippen LogP contribution >= 0.6 is 0 Å². The van der Waals surface area contributed by atoms with E-state index in [2.05, 4.69) is 5.32 Å². The topological polar surface area (TPSA) is 46.2 Å². The fraction of sp³-hybridized carbons (Fsp3) is 0.636. The van der Waals surface area contributed by atoms with E-state index in [9.17, 15) is 9.59 Å². The number of allylic oxidation sites excluding steroid dienone is 1. The third-order valence-electron chi connectivity index (χ3n) is 2.75. The number of hydrogen-bond acceptors (Lipinski definition) is 2. The summed E-state index contributed by atoms with van der Waals surface area (Å²) >= 11 is 0. The molecule has 1 atom stereocenters. The number of carbonyl (C=O) groups is 2. The molecular weight excluding hydrogens is 178 g/mol. The fourth-order valence-electron chi connectivity index (χ4n) is 1.68. The molecule has 3 nitrogen and oxygen atoms in total. The number of ketones is 1. The zero-order valence-electron chi connectivity index (χ0n) is 8.80. The van der Waals surface area contributed by atoms with E-state index in [0.717, 1.165) is 19.3 Å². The summed E-state index contributed by atoms with van der Waals surface area (Å²) in [5.74, 6) is -0.187. The number of nitrogens with one attached hydrogen (secondary N) is 1. The highest BCUT2D eigenvalue weighted by Gasteiger charge is 2.37. The van der Waals surface area contributed by atoms with Crippen LogP contribution in [0.3, 0.4) is 0 Å². The second-order valence-electron chi connectivity index (χ2n) is 3.85. The van der Waals surface area contributed by atoms with Crippen LogP contribution in [0, 0.1) is 5.41 Å². The molecule has 78 valence electrons. The highest BCUT2D eigenvalue weighted by atomic mass is 16.2. The molecule has 0 spiro atoms. The van der Waals surface area contributed by atoms with Crippen molar-refractivity contribution >= 4 is 11.7 Å². The van der Waals surface area contributed by atoms with Crippen molar-refractivity contribution in [2.45, 2.75) is 32.6 Å². The van der Waals surface area contributed by atoms with Crippen LogP contribution in [-0.2, 0) is 9.59 Å². The summed E-state index contributed by atoms with van der Waals surface area (Å²) in [6.07, 6.45) is 7.07. The van der Waals surface area contributed by atoms with Gasteiger partial charge in [0.05, 0.1) is 0 Å². The SMILES string of the molecule is CNC(=O)C1(C)/C=C/CCCCC1=O. The first-order valence-electron chi connectivity index (χ1n) is 5.04. The molecule has 0 aromatic carbocycles. The lowest BCUT2D eigenvalue weighted by atomic mass is 9.80. The van der Waals surface area contributed by atoms with Gasteiger partial charge in [-0.1, -0.05) is 12.2 Å². The fourth-order valence-corrected chi connectivity index (χ4v) is 1.68. The van der Waals surface area contributed by atoms with Crippen LogP contribution in [0.25, 0.3) is 0 Å². The van der Waals surface area contributed by atoms with Crippen LogP contribution in [0.15, 0.2) is 12.2 Å². The highest BCUT2D eigenvalue weighted by molar-refractivity contribution is 6.07. The van der Waals surface area contributed by atoms with Gasteiger partial charge in [-0.05, 0) is 26.2 Å². The van der Waals surface area contributed by atoms with Gasteiger partial charge < -0.3 is 5.32 Å². The quantitative estimate of drug-likeness (QED) is 0.508. The zero-order valence-corrected chi connectivity index (χ0v) is 8.80. The van der Waals surface area contributed by atoms with Gasteiger partial charge in [0.2, 0.25) is 5.91 Å². The lowest BCUT2D eigenvalue weighted by Gasteiger charge is -2.23. The first-order chi connectivity index (χ1) is 6.61. The second-order valence-corrected chi connectivity index (χ2v) is 3.85. The van der Waals surface area contributed by atoms with Crippen LogP contribution in [0.4, 0.5) is 0 Å². The smallest absolute Gasteiger partial charge is 0.237 e. The summed E-state index contributed by atoms with van der Waals surface area (Å²) in [4.78, 5) is 23.4. The molecule has 0 aliphatic heterocycles. The van der Waals surface area contributed by atoms with Gasteiger partial charge in [0.1, 0.15) is 5.41 Å². The molecule has 3 heteroatoms. The largest absolute Gasteiger partial charge is 0.358 e. The van der Waals surface area contributed by atoms with Gasteiger partial charge in [0, 0.05) is 13.5 Å². The van der Waals surface area contributed by atoms with Crippen molar-refractivity contribution in [1.82, 2.24) is 5.32 Å². The summed E-state index contributed by atoms with van der Waals surface area (Å²) in [6, 6.07) is 0. The Bertz CT molecular complexity index is 270. The van der Waals surface area contributed by atoms with Crippen molar-refractivity contribution in [2.75, 3.05) is 7.05 Å². The van der Waals surface area contributed by atoms with E-state index in [1.165, 1.54) is 0 Å². The van der Waals surface area contributed by atoms with Crippen molar-refractivity contribution in [3.8, 4) is 0 Å². The normalized spacial score (nSPS) is 30.3. The predicted octanol–water partition coefficient (Wildman–Crippen LogP) is 1.44. The molecule has 0 heterocycles. The van der Waals surface area contributed by atoms with Crippen LogP contribution < -0.4 is 5.32 Å². The first kappa shape index (κ1) is 11.0. The molecule has 1 aliphatic rings. The molecule has 0 fully saturated rings. The summed E-state index contributed by atoms with van der Waals surface area (Å²) in [7, 11) is 1.56. The number of Topliss-reactive ketones (excluding diaryl/α,β-unsaturated/α-hetero) is 1. The minimum Gasteiger partial charge on any atom is -0.358 e. The van der Waals surface area contributed by atoms with Crippen LogP contribution in [0.2, 0.25) is 0 Å². The van der Waals surface area contributed by atoms with Crippen molar-refractivity contribution in [1.29, 1.82) is 0 Å². The van der Waals surface area contributed by atoms with Gasteiger partial charge in [-0.25, -0.2) is 0 Å². The van der Waals surface area contributed by atoms with Crippen molar-refractivity contribution in [3.05, 3.63) is 12.2 Å². The average Bonchev–Trinajstić information content (AvgIpc) is 2.18. The van der Waals surface area contributed by atoms with E-state index in [-0.39, 0.29) is 11.7 Å². The number of rotatable bonds is 1. The Hall–Kier alpha value is -1.12. The molecule has 1 rings (SSSR count). The molecule has 0 radical (unpaired) electrons. The summed E-state index contributed by atoms with van der Waals surface area (Å²) < 4.78 is 0. The second kappa shape index (κ2) is 4.40. The summed E-state index contributed by atoms with van der Waals surface area (Å²) in [6.45, 7) is 1.69. The minimum absolute atomic E-state index is 0.0211. The highest BCUT2D eigenvalue weighted by Crippen LogP contribution is 2.25. The van der Waals surface area contributed by atoms with Crippen molar-refractivity contribution in [3.63, 3.8) is 0 Å². The molecule has 1 unspecified atom stereocenters. The van der Waals surface area contributed by atoms with E-state index in [1.807, 2.05) is 6.08 Å². The molecular formula is C11H17NO2. The van der Waals surface area contributed by atoms with Crippen LogP contribution in [-0.4, -0.2) is 18.7 Å². The van der Waals surface area contributed by atoms with E-state index in [0.29, 0.717) is 6.42 Å². The van der Waals surface area contributed by atoms with Gasteiger partial charge in [0.25, 0.3) is 0 Å². The maximum absolute atomic E-state index is 11.8. The summed E-state index contributed by atoms with van der Waals surface area (Å²) in [5.41, 5.74) is -0.949. The standard InChI is InChI=1S/C11H17NO2/c1-11(10(14)12-2)8-6-4-3-5-7-9(11)13/h6,8H,3-5,7H2,1-2H3,(H,12,14)/b8-6+. The van der Waals surface area contributed by atoms with E-state index < -0.39 is 5.41 Å². The van der Waals surface area contributed by atoms with Crippen LogP contribution in [0.5, 0.6) is 0 Å². The lowest BCUT2D eigenvalue weighted by molar-refractivity contribution is -0.137. The first-order valence-corrected chi connectivity index (χ1v) is 5.04. The lowest BCUT2D eigenvalue weighted by Crippen LogP contribution is -2.42. The van der Waals surface area contributed by atoms with E-state index in [1.54, 1.807) is 20.0 Å². The Kier molecular flexibility index (Phi) is 3.44. The number of carbonyl (C=O) groups excluding carboxylic acids is 2. The number of hydrogen-bond donors (Lipinski definition) is 1. The molecule has 0 aromatic rings. The van der Waals surface area contributed by atoms with E-state index >= 15 is 0 Å². The molecule has 0 saturated carbocycles. The zero-order chi connectivity index (χ0) is 10.6. The van der Waals surface area contributed by atoms with Gasteiger partial charge in [-0.15, -0.1) is 0 Å². The Labute approximate surface area is 84.6 Å². The third kappa shape index (κ3) is 2.03. The minimum atomic E-state index is -0.949. The van der Waals surface area contributed by atoms with Gasteiger partial charge in [-0.3, -0.25) is 9.59 Å². The maximum Gasteiger partial charge on any atom is 0.237 e. The Morgan fingerprint density at radius 1 is 1.50 bits per heavy atom. The van der Waals surface area contributed by atoms with E-state index in [4.69, 9.17) is 0 Å². The molecule has 0 saturated heterocycles. The van der Waals surface area contributed by atoms with Gasteiger partial charge in [0.15, 0.2) is 5.78 Å². The average molecular weight is 195 g/mol. The van der Waals surface area contributed by atoms with Gasteiger partial charge in [-0.2, -0.15) is 0 Å². The van der Waals surface area contributed by atoms with Crippen molar-refractivity contribution in [2.24, 2.45) is 5.41 Å². The Morgan fingerprint density at radius 3 is 2.86 bits per heavy atom. The monoisotopic (exact) mass is 195 g/mol. The molecule has 1 amide bonds. The molecule has 0 bridgehead atoms. The summed E-state index contributed by atoms with van der Waals surface area (Å²) in [5, 5.41) is 2.54. The van der Waals surface area contributed by atoms with Gasteiger partial charge >= 0.3 is 0 Å². The molecule has 14 heavy (non-hydrogen) atoms. The maximum atomic E-state index is 11.8. The predicted molar refractivity (Wildman–Crippen MR) is 54.8 cm³/mol. The van der Waals surface area contributed by atoms with Crippen molar-refractivity contribution < 1.29 is 9.59 Å². The Balaban J connectivity index is 2.94. The Morgan fingerprint density at radius 2 is 2.21 bits per heavy atom. The van der Waals surface area contributed by atoms with Crippen LogP contribution in [0.1, 0.15) is 32.6 Å². The molecule has 1 N–H and O–H groups in total. The number of amides is 1.